The topological polar surface area (TPSA) is 198 Å². The molecule has 46 heavy (non-hydrogen) atoms. The second-order valence-electron chi connectivity index (χ2n) is 11.4. The lowest BCUT2D eigenvalue weighted by atomic mass is 9.82. The highest BCUT2D eigenvalue weighted by atomic mass is 79.9. The van der Waals surface area contributed by atoms with Crippen molar-refractivity contribution in [3.63, 3.8) is 0 Å². The van der Waals surface area contributed by atoms with Crippen LogP contribution in [-0.2, 0) is 23.4 Å². The number of rotatable bonds is 4. The third-order valence-corrected chi connectivity index (χ3v) is 8.45. The number of aryl methyl sites for hydroxylation is 2. The normalized spacial score (nSPS) is 14.9. The molecule has 0 radical (unpaired) electrons. The molecule has 0 unspecified atom stereocenters. The van der Waals surface area contributed by atoms with Crippen LogP contribution in [0.15, 0.2) is 65.8 Å². The van der Waals surface area contributed by atoms with Crippen molar-refractivity contribution in [1.29, 1.82) is 0 Å². The molecule has 0 spiro atoms. The molecule has 238 valence electrons. The maximum absolute atomic E-state index is 10.8. The number of hydrogen-bond donors (Lipinski definition) is 2. The second-order valence-corrected chi connectivity index (χ2v) is 12.2. The molecule has 0 saturated carbocycles. The summed E-state index contributed by atoms with van der Waals surface area (Å²) in [5.74, 6) is 0. The molecule has 0 amide bonds. The first-order chi connectivity index (χ1) is 21.7. The van der Waals surface area contributed by atoms with Crippen LogP contribution < -0.4 is 5.46 Å². The van der Waals surface area contributed by atoms with E-state index in [0.29, 0.717) is 10.3 Å². The van der Waals surface area contributed by atoms with E-state index in [1.165, 1.54) is 24.3 Å². The number of aromatic nitrogens is 8. The molecule has 1 fully saturated rings. The molecule has 4 aromatic heterocycles. The van der Waals surface area contributed by atoms with Crippen molar-refractivity contribution < 1.29 is 19.2 Å². The van der Waals surface area contributed by atoms with Crippen molar-refractivity contribution in [2.24, 2.45) is 14.1 Å². The Labute approximate surface area is 270 Å². The van der Waals surface area contributed by atoms with E-state index in [0.717, 1.165) is 32.8 Å². The fourth-order valence-corrected chi connectivity index (χ4v) is 5.21. The van der Waals surface area contributed by atoms with E-state index in [9.17, 15) is 20.2 Å². The lowest BCUT2D eigenvalue weighted by Gasteiger charge is -2.32. The lowest BCUT2D eigenvalue weighted by molar-refractivity contribution is -0.384. The number of nitrogens with zero attached hydrogens (tertiary/aromatic N) is 8. The maximum atomic E-state index is 10.8. The highest BCUT2D eigenvalue weighted by Crippen LogP contribution is 2.36. The average Bonchev–Trinajstić information content (AvgIpc) is 3.83. The first-order valence-corrected chi connectivity index (χ1v) is 14.7. The molecule has 6 aromatic rings. The Morgan fingerprint density at radius 2 is 1.33 bits per heavy atom. The quantitative estimate of drug-likeness (QED) is 0.147. The Balaban J connectivity index is 0.000000138. The predicted molar refractivity (Wildman–Crippen MR) is 174 cm³/mol. The van der Waals surface area contributed by atoms with Gasteiger partial charge in [0.05, 0.1) is 38.3 Å². The Kier molecular flexibility index (Phi) is 8.79. The van der Waals surface area contributed by atoms with E-state index in [-0.39, 0.29) is 29.7 Å². The molecule has 1 saturated heterocycles. The highest BCUT2D eigenvalue weighted by Gasteiger charge is 2.52. The number of fused-ring (bicyclic) bond motifs is 2. The van der Waals surface area contributed by atoms with Crippen LogP contribution in [0.1, 0.15) is 27.7 Å². The lowest BCUT2D eigenvalue weighted by Crippen LogP contribution is -2.41. The monoisotopic (exact) mass is 692 g/mol. The van der Waals surface area contributed by atoms with Crippen molar-refractivity contribution in [1.82, 2.24) is 40.0 Å². The van der Waals surface area contributed by atoms with Crippen molar-refractivity contribution >= 4 is 61.7 Å². The van der Waals surface area contributed by atoms with E-state index in [4.69, 9.17) is 9.31 Å². The molecule has 16 nitrogen and oxygen atoms in total. The molecule has 2 N–H and O–H groups in total. The summed E-state index contributed by atoms with van der Waals surface area (Å²) in [6.45, 7) is 8.14. The third kappa shape index (κ3) is 6.40. The van der Waals surface area contributed by atoms with Crippen LogP contribution in [0.3, 0.4) is 0 Å². The molecule has 7 rings (SSSR count). The SMILES string of the molecule is CC1(C)OB(c2cn[nH]c2)OC1(C)C.Cn1nc(-c2cn[nH]c2)c2cc([N+](=O)[O-])ccc21.Cn1nc(Br)c2cc([N+](=O)[O-])ccc21. The first kappa shape index (κ1) is 32.5. The first-order valence-electron chi connectivity index (χ1n) is 13.9. The van der Waals surface area contributed by atoms with E-state index in [1.54, 1.807) is 60.4 Å². The Morgan fingerprint density at radius 3 is 1.85 bits per heavy atom. The van der Waals surface area contributed by atoms with Gasteiger partial charge in [-0.2, -0.15) is 20.4 Å². The van der Waals surface area contributed by atoms with Gasteiger partial charge in [-0.3, -0.25) is 39.8 Å². The molecular formula is C28H30BBrN10O6. The number of hydrogen-bond acceptors (Lipinski definition) is 10. The molecule has 18 heteroatoms. The minimum atomic E-state index is -0.418. The largest absolute Gasteiger partial charge is 0.498 e. The summed E-state index contributed by atoms with van der Waals surface area (Å²) in [6, 6.07) is 9.37. The van der Waals surface area contributed by atoms with Crippen LogP contribution >= 0.6 is 15.9 Å². The average molecular weight is 693 g/mol. The van der Waals surface area contributed by atoms with Gasteiger partial charge >= 0.3 is 7.12 Å². The smallest absolute Gasteiger partial charge is 0.399 e. The molecule has 5 heterocycles. The van der Waals surface area contributed by atoms with Gasteiger partial charge in [-0.1, -0.05) is 0 Å². The number of nitrogens with one attached hydrogen (secondary N) is 2. The number of non-ortho nitro benzene ring substituents is 2. The molecule has 0 atom stereocenters. The van der Waals surface area contributed by atoms with Gasteiger partial charge in [0.25, 0.3) is 11.4 Å². The van der Waals surface area contributed by atoms with Crippen molar-refractivity contribution in [2.75, 3.05) is 0 Å². The standard InChI is InChI=1S/C11H9N5O2.C9H15BN2O2.C8H6BrN3O2/c1-15-10-3-2-8(16(17)18)4-9(10)11(14-15)7-5-12-13-6-7;1-8(2)9(3,4)14-10(13-8)7-5-11-12-6-7;1-11-7-3-2-5(12(13)14)4-6(7)8(9)10-11/h2-6H,1H3,(H,12,13);5-6H,1-4H3,(H,11,12);2-4H,1H3. The van der Waals surface area contributed by atoms with Crippen LogP contribution in [0.4, 0.5) is 11.4 Å². The van der Waals surface area contributed by atoms with Crippen LogP contribution in [0.25, 0.3) is 33.1 Å². The number of halogens is 1. The van der Waals surface area contributed by atoms with Crippen molar-refractivity contribution in [3.8, 4) is 11.3 Å². The summed E-state index contributed by atoms with van der Waals surface area (Å²) in [4.78, 5) is 20.5. The Morgan fingerprint density at radius 1 is 0.804 bits per heavy atom. The molecule has 0 bridgehead atoms. The van der Waals surface area contributed by atoms with Crippen LogP contribution in [0.2, 0.25) is 0 Å². The van der Waals surface area contributed by atoms with Gasteiger partial charge in [-0.25, -0.2) is 0 Å². The summed E-state index contributed by atoms with van der Waals surface area (Å²) >= 11 is 3.25. The summed E-state index contributed by atoms with van der Waals surface area (Å²) in [5.41, 5.74) is 3.70. The fourth-order valence-electron chi connectivity index (χ4n) is 4.65. The van der Waals surface area contributed by atoms with Gasteiger partial charge in [0, 0.05) is 78.8 Å². The Bertz CT molecular complexity index is 2010. The summed E-state index contributed by atoms with van der Waals surface area (Å²) < 4.78 is 15.6. The number of nitro groups is 2. The predicted octanol–water partition coefficient (Wildman–Crippen LogP) is 4.82. The van der Waals surface area contributed by atoms with Gasteiger partial charge in [0.15, 0.2) is 0 Å². The van der Waals surface area contributed by atoms with Crippen molar-refractivity contribution in [3.05, 3.63) is 86.0 Å². The third-order valence-electron chi connectivity index (χ3n) is 7.86. The number of benzene rings is 2. The minimum absolute atomic E-state index is 0.0558. The fraction of sp³-hybridized carbons (Fsp3) is 0.286. The van der Waals surface area contributed by atoms with Gasteiger partial charge in [0.1, 0.15) is 10.3 Å². The molecule has 1 aliphatic heterocycles. The van der Waals surface area contributed by atoms with E-state index in [1.807, 2.05) is 27.7 Å². The molecule has 0 aliphatic carbocycles. The second kappa shape index (κ2) is 12.5. The van der Waals surface area contributed by atoms with Crippen LogP contribution in [0, 0.1) is 20.2 Å². The summed E-state index contributed by atoms with van der Waals surface area (Å²) in [7, 11) is 3.29. The zero-order valence-corrected chi connectivity index (χ0v) is 27.3. The van der Waals surface area contributed by atoms with Crippen molar-refractivity contribution in [2.45, 2.75) is 38.9 Å². The van der Waals surface area contributed by atoms with Gasteiger partial charge < -0.3 is 9.31 Å². The van der Waals surface area contributed by atoms with Gasteiger partial charge in [-0.05, 0) is 55.8 Å². The maximum Gasteiger partial charge on any atom is 0.498 e. The zero-order chi connectivity index (χ0) is 33.4. The zero-order valence-electron chi connectivity index (χ0n) is 25.8. The van der Waals surface area contributed by atoms with E-state index >= 15 is 0 Å². The van der Waals surface area contributed by atoms with E-state index in [2.05, 4.69) is 46.5 Å². The Hall–Kier alpha value is -4.94. The van der Waals surface area contributed by atoms with Gasteiger partial charge in [-0.15, -0.1) is 0 Å². The molecular weight excluding hydrogens is 663 g/mol. The van der Waals surface area contributed by atoms with Gasteiger partial charge in [0.2, 0.25) is 0 Å². The van der Waals surface area contributed by atoms with E-state index < -0.39 is 9.85 Å². The highest BCUT2D eigenvalue weighted by molar-refractivity contribution is 9.10. The number of aromatic amines is 2. The summed E-state index contributed by atoms with van der Waals surface area (Å²) in [6.07, 6.45) is 6.87. The summed E-state index contributed by atoms with van der Waals surface area (Å²) in [5, 5.41) is 44.5. The number of H-pyrrole nitrogens is 2. The molecule has 1 aliphatic rings. The minimum Gasteiger partial charge on any atom is -0.399 e. The molecule has 2 aromatic carbocycles. The van der Waals surface area contributed by atoms with Crippen LogP contribution in [0.5, 0.6) is 0 Å². The van der Waals surface area contributed by atoms with Crippen LogP contribution in [-0.4, -0.2) is 68.1 Å². The number of nitro benzene ring substituents is 2.